The van der Waals surface area contributed by atoms with E-state index in [2.05, 4.69) is 17.3 Å². The number of carbonyl (C=O) groups is 1. The molecule has 3 aromatic rings. The number of aromatic nitrogens is 2. The summed E-state index contributed by atoms with van der Waals surface area (Å²) in [7, 11) is 1.60. The maximum atomic E-state index is 12.9. The number of fused-ring (bicyclic) bond motifs is 1. The van der Waals surface area contributed by atoms with Crippen LogP contribution in [0.2, 0.25) is 0 Å². The number of ether oxygens (including phenoxy) is 1. The van der Waals surface area contributed by atoms with E-state index in [1.54, 1.807) is 25.3 Å². The summed E-state index contributed by atoms with van der Waals surface area (Å²) >= 11 is 0. The van der Waals surface area contributed by atoms with Gasteiger partial charge in [-0.15, -0.1) is 0 Å². The molecule has 6 heteroatoms. The zero-order valence-electron chi connectivity index (χ0n) is 16.3. The van der Waals surface area contributed by atoms with E-state index >= 15 is 0 Å². The van der Waals surface area contributed by atoms with Crippen LogP contribution in [0.25, 0.3) is 10.8 Å². The zero-order chi connectivity index (χ0) is 19.9. The summed E-state index contributed by atoms with van der Waals surface area (Å²) < 4.78 is 6.74. The second kappa shape index (κ2) is 9.17. The molecule has 2 aromatic carbocycles. The summed E-state index contributed by atoms with van der Waals surface area (Å²) in [5.41, 5.74) is 0.980. The average Bonchev–Trinajstić information content (AvgIpc) is 2.74. The third kappa shape index (κ3) is 4.22. The lowest BCUT2D eigenvalue weighted by Gasteiger charge is -2.12. The number of unbranched alkanes of at least 4 members (excludes halogenated alkanes) is 2. The lowest BCUT2D eigenvalue weighted by atomic mass is 10.1. The largest absolute Gasteiger partial charge is 0.496 e. The summed E-state index contributed by atoms with van der Waals surface area (Å²) in [6, 6.07) is 14.6. The molecule has 1 amide bonds. The zero-order valence-corrected chi connectivity index (χ0v) is 16.3. The van der Waals surface area contributed by atoms with Crippen molar-refractivity contribution < 1.29 is 9.53 Å². The van der Waals surface area contributed by atoms with Crippen LogP contribution in [-0.4, -0.2) is 22.8 Å². The van der Waals surface area contributed by atoms with Gasteiger partial charge in [0.05, 0.1) is 12.5 Å². The Kier molecular flexibility index (Phi) is 6.42. The Balaban J connectivity index is 1.91. The summed E-state index contributed by atoms with van der Waals surface area (Å²) in [5, 5.41) is 8.36. The van der Waals surface area contributed by atoms with Gasteiger partial charge in [-0.2, -0.15) is 5.10 Å². The van der Waals surface area contributed by atoms with E-state index in [4.69, 9.17) is 4.74 Å². The summed E-state index contributed by atoms with van der Waals surface area (Å²) in [6.45, 7) is 2.92. The number of aryl methyl sites for hydroxylation is 1. The number of nitrogens with one attached hydrogen (secondary N) is 1. The van der Waals surface area contributed by atoms with Crippen molar-refractivity contribution in [3.63, 3.8) is 0 Å². The molecule has 3 rings (SSSR count). The van der Waals surface area contributed by atoms with Crippen LogP contribution in [0, 0.1) is 0 Å². The standard InChI is InChI=1S/C22H25N3O3/c1-3-4-9-14-25-22(27)18-12-7-6-11-17(18)20(24-25)21(26)23-15-16-10-5-8-13-19(16)28-2/h5-8,10-13H,3-4,9,14-15H2,1-2H3,(H,23,26). The number of amides is 1. The molecule has 0 unspecified atom stereocenters. The molecule has 0 saturated carbocycles. The van der Waals surface area contributed by atoms with Crippen molar-refractivity contribution in [2.75, 3.05) is 7.11 Å². The number of hydrogen-bond donors (Lipinski definition) is 1. The molecule has 0 aliphatic rings. The topological polar surface area (TPSA) is 73.2 Å². The van der Waals surface area contributed by atoms with Crippen molar-refractivity contribution in [1.29, 1.82) is 0 Å². The Labute approximate surface area is 164 Å². The van der Waals surface area contributed by atoms with Crippen molar-refractivity contribution in [2.24, 2.45) is 0 Å². The smallest absolute Gasteiger partial charge is 0.274 e. The number of benzene rings is 2. The third-order valence-electron chi connectivity index (χ3n) is 4.69. The van der Waals surface area contributed by atoms with Crippen molar-refractivity contribution in [3.05, 3.63) is 70.1 Å². The first-order valence-corrected chi connectivity index (χ1v) is 9.55. The first-order valence-electron chi connectivity index (χ1n) is 9.55. The predicted octanol–water partition coefficient (Wildman–Crippen LogP) is 3.53. The van der Waals surface area contributed by atoms with Crippen LogP contribution in [0.4, 0.5) is 0 Å². The van der Waals surface area contributed by atoms with Gasteiger partial charge < -0.3 is 10.1 Å². The van der Waals surface area contributed by atoms with Gasteiger partial charge in [-0.05, 0) is 18.6 Å². The van der Waals surface area contributed by atoms with Crippen LogP contribution < -0.4 is 15.6 Å². The van der Waals surface area contributed by atoms with Crippen LogP contribution >= 0.6 is 0 Å². The van der Waals surface area contributed by atoms with Crippen molar-refractivity contribution in [3.8, 4) is 5.75 Å². The van der Waals surface area contributed by atoms with E-state index in [1.165, 1.54) is 4.68 Å². The Hall–Kier alpha value is -3.15. The molecule has 28 heavy (non-hydrogen) atoms. The molecule has 0 atom stereocenters. The van der Waals surface area contributed by atoms with E-state index in [9.17, 15) is 9.59 Å². The van der Waals surface area contributed by atoms with Gasteiger partial charge >= 0.3 is 0 Å². The van der Waals surface area contributed by atoms with Gasteiger partial charge in [0.25, 0.3) is 11.5 Å². The maximum Gasteiger partial charge on any atom is 0.274 e. The molecule has 0 aliphatic heterocycles. The number of hydrogen-bond acceptors (Lipinski definition) is 4. The highest BCUT2D eigenvalue weighted by molar-refractivity contribution is 6.04. The van der Waals surface area contributed by atoms with E-state index in [0.717, 1.165) is 24.8 Å². The molecule has 0 fully saturated rings. The van der Waals surface area contributed by atoms with Crippen LogP contribution in [0.3, 0.4) is 0 Å². The normalized spacial score (nSPS) is 10.8. The quantitative estimate of drug-likeness (QED) is 0.608. The summed E-state index contributed by atoms with van der Waals surface area (Å²) in [4.78, 5) is 25.6. The molecular formula is C22H25N3O3. The van der Waals surface area contributed by atoms with Gasteiger partial charge in [-0.25, -0.2) is 4.68 Å². The fourth-order valence-electron chi connectivity index (χ4n) is 3.17. The molecule has 0 spiro atoms. The average molecular weight is 379 g/mol. The monoisotopic (exact) mass is 379 g/mol. The number of nitrogens with zero attached hydrogens (tertiary/aromatic N) is 2. The van der Waals surface area contributed by atoms with Crippen molar-refractivity contribution in [1.82, 2.24) is 15.1 Å². The first kappa shape index (κ1) is 19.6. The van der Waals surface area contributed by atoms with E-state index in [1.807, 2.05) is 30.3 Å². The van der Waals surface area contributed by atoms with E-state index in [-0.39, 0.29) is 17.2 Å². The second-order valence-electron chi connectivity index (χ2n) is 6.62. The van der Waals surface area contributed by atoms with Crippen LogP contribution in [0.1, 0.15) is 42.2 Å². The maximum absolute atomic E-state index is 12.9. The van der Waals surface area contributed by atoms with Gasteiger partial charge in [0, 0.05) is 24.0 Å². The van der Waals surface area contributed by atoms with Gasteiger partial charge in [-0.3, -0.25) is 9.59 Å². The molecule has 146 valence electrons. The predicted molar refractivity (Wildman–Crippen MR) is 110 cm³/mol. The number of carbonyl (C=O) groups excluding carboxylic acids is 1. The summed E-state index contributed by atoms with van der Waals surface area (Å²) in [6.07, 6.45) is 2.91. The Bertz CT molecular complexity index is 1030. The van der Waals surface area contributed by atoms with E-state index < -0.39 is 0 Å². The highest BCUT2D eigenvalue weighted by Gasteiger charge is 2.17. The highest BCUT2D eigenvalue weighted by atomic mass is 16.5. The van der Waals surface area contributed by atoms with Crippen LogP contribution in [0.5, 0.6) is 5.75 Å². The molecule has 0 bridgehead atoms. The van der Waals surface area contributed by atoms with Gasteiger partial charge in [0.1, 0.15) is 5.75 Å². The Morgan fingerprint density at radius 3 is 2.54 bits per heavy atom. The molecule has 6 nitrogen and oxygen atoms in total. The molecule has 0 saturated heterocycles. The minimum atomic E-state index is -0.314. The first-order chi connectivity index (χ1) is 13.7. The van der Waals surface area contributed by atoms with Crippen molar-refractivity contribution >= 4 is 16.7 Å². The molecule has 1 heterocycles. The molecular weight excluding hydrogens is 354 g/mol. The Morgan fingerprint density at radius 2 is 1.79 bits per heavy atom. The molecule has 0 aliphatic carbocycles. The minimum Gasteiger partial charge on any atom is -0.496 e. The number of methoxy groups -OCH3 is 1. The third-order valence-corrected chi connectivity index (χ3v) is 4.69. The van der Waals surface area contributed by atoms with Gasteiger partial charge in [0.15, 0.2) is 5.69 Å². The lowest BCUT2D eigenvalue weighted by molar-refractivity contribution is 0.0945. The fourth-order valence-corrected chi connectivity index (χ4v) is 3.17. The van der Waals surface area contributed by atoms with Gasteiger partial charge in [-0.1, -0.05) is 56.2 Å². The highest BCUT2D eigenvalue weighted by Crippen LogP contribution is 2.18. The molecule has 0 radical (unpaired) electrons. The summed E-state index contributed by atoms with van der Waals surface area (Å²) in [5.74, 6) is 0.400. The second-order valence-corrected chi connectivity index (χ2v) is 6.62. The SMILES string of the molecule is CCCCCn1nc(C(=O)NCc2ccccc2OC)c2ccccc2c1=O. The minimum absolute atomic E-state index is 0.159. The van der Waals surface area contributed by atoms with Crippen LogP contribution in [-0.2, 0) is 13.1 Å². The Morgan fingerprint density at radius 1 is 1.07 bits per heavy atom. The molecule has 1 N–H and O–H groups in total. The lowest BCUT2D eigenvalue weighted by Crippen LogP contribution is -2.30. The molecule has 1 aromatic heterocycles. The van der Waals surface area contributed by atoms with Gasteiger partial charge in [0.2, 0.25) is 0 Å². The van der Waals surface area contributed by atoms with E-state index in [0.29, 0.717) is 29.6 Å². The van der Waals surface area contributed by atoms with Crippen molar-refractivity contribution in [2.45, 2.75) is 39.3 Å². The number of rotatable bonds is 8. The fraction of sp³-hybridized carbons (Fsp3) is 0.318. The number of para-hydroxylation sites is 1. The van der Waals surface area contributed by atoms with Crippen LogP contribution in [0.15, 0.2) is 53.3 Å².